The Hall–Kier alpha value is -2.08. The Labute approximate surface area is 166 Å². The summed E-state index contributed by atoms with van der Waals surface area (Å²) in [4.78, 5) is 0. The topological polar surface area (TPSA) is 68.2 Å². The van der Waals surface area contributed by atoms with Crippen molar-refractivity contribution in [2.45, 2.75) is 51.4 Å². The van der Waals surface area contributed by atoms with Crippen LogP contribution in [0.2, 0.25) is 0 Å². The average Bonchev–Trinajstić information content (AvgIpc) is 2.70. The van der Waals surface area contributed by atoms with Gasteiger partial charge in [0, 0.05) is 12.8 Å². The predicted molar refractivity (Wildman–Crippen MR) is 108 cm³/mol. The van der Waals surface area contributed by atoms with Gasteiger partial charge < -0.3 is 24.4 Å². The van der Waals surface area contributed by atoms with Crippen molar-refractivity contribution in [3.63, 3.8) is 0 Å². The summed E-state index contributed by atoms with van der Waals surface area (Å²) in [6.45, 7) is 4.59. The van der Waals surface area contributed by atoms with Gasteiger partial charge in [0.05, 0.1) is 38.6 Å². The van der Waals surface area contributed by atoms with E-state index in [1.165, 1.54) is 5.56 Å². The monoisotopic (exact) mass is 386 g/mol. The van der Waals surface area contributed by atoms with Crippen molar-refractivity contribution < 1.29 is 24.4 Å². The van der Waals surface area contributed by atoms with E-state index in [9.17, 15) is 10.2 Å². The highest BCUT2D eigenvalue weighted by Gasteiger charge is 2.29. The van der Waals surface area contributed by atoms with E-state index in [0.29, 0.717) is 19.4 Å². The van der Waals surface area contributed by atoms with Crippen LogP contribution in [-0.4, -0.2) is 42.7 Å². The first-order valence-electron chi connectivity index (χ1n) is 9.87. The maximum atomic E-state index is 10.2. The van der Waals surface area contributed by atoms with Crippen LogP contribution < -0.4 is 9.47 Å². The highest BCUT2D eigenvalue weighted by molar-refractivity contribution is 5.46. The van der Waals surface area contributed by atoms with Gasteiger partial charge in [0.1, 0.15) is 11.5 Å². The lowest BCUT2D eigenvalue weighted by atomic mass is 9.91. The van der Waals surface area contributed by atoms with Crippen molar-refractivity contribution in [3.05, 3.63) is 58.7 Å². The van der Waals surface area contributed by atoms with Gasteiger partial charge in [-0.25, -0.2) is 0 Å². The first-order chi connectivity index (χ1) is 13.5. The van der Waals surface area contributed by atoms with Gasteiger partial charge in [0.2, 0.25) is 0 Å². The van der Waals surface area contributed by atoms with Gasteiger partial charge in [0.15, 0.2) is 0 Å². The second-order valence-electron chi connectivity index (χ2n) is 7.32. The fraction of sp³-hybridized carbons (Fsp3) is 0.478. The molecule has 1 saturated heterocycles. The van der Waals surface area contributed by atoms with Crippen LogP contribution in [-0.2, 0) is 11.2 Å². The van der Waals surface area contributed by atoms with Crippen LogP contribution in [0.15, 0.2) is 36.4 Å². The minimum atomic E-state index is -0.474. The summed E-state index contributed by atoms with van der Waals surface area (Å²) < 4.78 is 17.1. The largest absolute Gasteiger partial charge is 0.496 e. The third kappa shape index (κ3) is 4.85. The molecule has 1 fully saturated rings. The molecule has 28 heavy (non-hydrogen) atoms. The summed E-state index contributed by atoms with van der Waals surface area (Å²) in [6.07, 6.45) is 0.685. The number of benzene rings is 2. The van der Waals surface area contributed by atoms with Crippen molar-refractivity contribution in [2.75, 3.05) is 20.3 Å². The number of hydrogen-bond acceptors (Lipinski definition) is 5. The Balaban J connectivity index is 1.87. The zero-order valence-corrected chi connectivity index (χ0v) is 16.9. The van der Waals surface area contributed by atoms with Crippen molar-refractivity contribution >= 4 is 0 Å². The van der Waals surface area contributed by atoms with Gasteiger partial charge in [-0.15, -0.1) is 0 Å². The first kappa shape index (κ1) is 20.6. The molecule has 3 rings (SSSR count). The molecule has 2 aromatic rings. The van der Waals surface area contributed by atoms with Gasteiger partial charge in [-0.05, 0) is 60.7 Å². The Bertz CT molecular complexity index is 771. The second kappa shape index (κ2) is 9.41. The molecular formula is C23H30O5. The fourth-order valence-corrected chi connectivity index (χ4v) is 3.76. The normalized spacial score (nSPS) is 22.1. The molecule has 2 N–H and O–H groups in total. The predicted octanol–water partition coefficient (Wildman–Crippen LogP) is 3.57. The Kier molecular flexibility index (Phi) is 6.94. The smallest absolute Gasteiger partial charge is 0.122 e. The molecule has 5 heteroatoms. The molecule has 0 saturated carbocycles. The molecule has 5 nitrogen and oxygen atoms in total. The quantitative estimate of drug-likeness (QED) is 0.761. The number of ether oxygens (including phenoxy) is 3. The van der Waals surface area contributed by atoms with Crippen LogP contribution in [0.1, 0.15) is 48.1 Å². The molecule has 0 radical (unpaired) electrons. The van der Waals surface area contributed by atoms with Gasteiger partial charge >= 0.3 is 0 Å². The Morgan fingerprint density at radius 2 is 1.89 bits per heavy atom. The molecule has 0 spiro atoms. The maximum Gasteiger partial charge on any atom is 0.122 e. The molecule has 1 heterocycles. The van der Waals surface area contributed by atoms with E-state index in [1.54, 1.807) is 7.11 Å². The summed E-state index contributed by atoms with van der Waals surface area (Å²) in [7, 11) is 1.67. The minimum absolute atomic E-state index is 0.0877. The third-order valence-electron chi connectivity index (χ3n) is 5.29. The molecule has 0 aliphatic carbocycles. The van der Waals surface area contributed by atoms with Crippen LogP contribution >= 0.6 is 0 Å². The van der Waals surface area contributed by atoms with Crippen molar-refractivity contribution in [2.24, 2.45) is 0 Å². The van der Waals surface area contributed by atoms with Crippen LogP contribution in [0, 0.1) is 6.92 Å². The fourth-order valence-electron chi connectivity index (χ4n) is 3.76. The van der Waals surface area contributed by atoms with Gasteiger partial charge in [-0.1, -0.05) is 18.2 Å². The molecule has 3 unspecified atom stereocenters. The number of aliphatic hydroxyl groups excluding tert-OH is 2. The molecule has 0 aromatic heterocycles. The minimum Gasteiger partial charge on any atom is -0.496 e. The van der Waals surface area contributed by atoms with Gasteiger partial charge in [0.25, 0.3) is 0 Å². The van der Waals surface area contributed by atoms with Crippen LogP contribution in [0.4, 0.5) is 0 Å². The third-order valence-corrected chi connectivity index (χ3v) is 5.29. The molecule has 3 atom stereocenters. The number of aliphatic hydroxyl groups is 2. The highest BCUT2D eigenvalue weighted by Crippen LogP contribution is 2.36. The van der Waals surface area contributed by atoms with Crippen molar-refractivity contribution in [1.29, 1.82) is 0 Å². The lowest BCUT2D eigenvalue weighted by Crippen LogP contribution is -2.33. The zero-order chi connectivity index (χ0) is 20.1. The summed E-state index contributed by atoms with van der Waals surface area (Å²) >= 11 is 0. The zero-order valence-electron chi connectivity index (χ0n) is 16.9. The van der Waals surface area contributed by atoms with E-state index in [2.05, 4.69) is 25.1 Å². The van der Waals surface area contributed by atoms with E-state index >= 15 is 0 Å². The lowest BCUT2D eigenvalue weighted by Gasteiger charge is -2.33. The van der Waals surface area contributed by atoms with E-state index in [0.717, 1.165) is 34.6 Å². The molecule has 1 aliphatic rings. The summed E-state index contributed by atoms with van der Waals surface area (Å²) in [6, 6.07) is 12.2. The van der Waals surface area contributed by atoms with Crippen LogP contribution in [0.3, 0.4) is 0 Å². The van der Waals surface area contributed by atoms with E-state index in [4.69, 9.17) is 14.2 Å². The van der Waals surface area contributed by atoms with E-state index in [-0.39, 0.29) is 18.8 Å². The summed E-state index contributed by atoms with van der Waals surface area (Å²) in [5, 5.41) is 19.6. The van der Waals surface area contributed by atoms with Crippen LogP contribution in [0.25, 0.3) is 0 Å². The summed E-state index contributed by atoms with van der Waals surface area (Å²) in [5.74, 6) is 1.68. The molecule has 152 valence electrons. The average molecular weight is 386 g/mol. The molecule has 2 aromatic carbocycles. The Morgan fingerprint density at radius 1 is 1.14 bits per heavy atom. The standard InChI is InChI=1S/C23H30O5/c1-4-27-20-7-5-16(6-8-20)9-17-10-18(11-22(26-3)15(17)2)23-13-19(25)12-21(14-24)28-23/h5-8,10-11,19,21,23-25H,4,9,12-14H2,1-3H3. The molecule has 0 amide bonds. The number of methoxy groups -OCH3 is 1. The van der Waals surface area contributed by atoms with Crippen LogP contribution in [0.5, 0.6) is 11.5 Å². The SMILES string of the molecule is CCOc1ccc(Cc2cc(C3CC(O)CC(CO)O3)cc(OC)c2C)cc1. The lowest BCUT2D eigenvalue weighted by molar-refractivity contribution is -0.113. The van der Waals surface area contributed by atoms with E-state index in [1.807, 2.05) is 25.1 Å². The van der Waals surface area contributed by atoms with Gasteiger partial charge in [-0.2, -0.15) is 0 Å². The molecule has 0 bridgehead atoms. The van der Waals surface area contributed by atoms with E-state index < -0.39 is 6.10 Å². The second-order valence-corrected chi connectivity index (χ2v) is 7.32. The van der Waals surface area contributed by atoms with Crippen molar-refractivity contribution in [1.82, 2.24) is 0 Å². The highest BCUT2D eigenvalue weighted by atomic mass is 16.5. The number of rotatable bonds is 7. The van der Waals surface area contributed by atoms with Crippen molar-refractivity contribution in [3.8, 4) is 11.5 Å². The number of hydrogen-bond donors (Lipinski definition) is 2. The Morgan fingerprint density at radius 3 is 2.54 bits per heavy atom. The first-order valence-corrected chi connectivity index (χ1v) is 9.87. The van der Waals surface area contributed by atoms with Gasteiger partial charge in [-0.3, -0.25) is 0 Å². The molecular weight excluding hydrogens is 356 g/mol. The maximum absolute atomic E-state index is 10.2. The summed E-state index contributed by atoms with van der Waals surface area (Å²) in [5.41, 5.74) is 4.40. The molecule has 1 aliphatic heterocycles.